The fraction of sp³-hybridized carbons (Fsp3) is 0.494. The van der Waals surface area contributed by atoms with Crippen molar-refractivity contribution >= 4 is 127 Å². The van der Waals surface area contributed by atoms with Crippen LogP contribution in [0.25, 0.3) is 10.9 Å². The van der Waals surface area contributed by atoms with Crippen LogP contribution in [0.5, 0.6) is 0 Å². The maximum absolute atomic E-state index is 15.4. The van der Waals surface area contributed by atoms with Crippen molar-refractivity contribution in [1.29, 1.82) is 0 Å². The van der Waals surface area contributed by atoms with Gasteiger partial charge in [-0.05, 0) is 132 Å². The lowest BCUT2D eigenvalue weighted by Gasteiger charge is -2.29. The first-order valence-electron chi connectivity index (χ1n) is 41.2. The molecule has 0 aliphatic carbocycles. The highest BCUT2D eigenvalue weighted by molar-refractivity contribution is 8.76. The predicted octanol–water partition coefficient (Wildman–Crippen LogP) is -4.91. The molecule has 3 heterocycles. The second-order valence-electron chi connectivity index (χ2n) is 30.1. The fourth-order valence-electron chi connectivity index (χ4n) is 13.4. The van der Waals surface area contributed by atoms with E-state index in [0.717, 1.165) is 35.4 Å². The van der Waals surface area contributed by atoms with E-state index in [1.54, 1.807) is 121 Å². The van der Waals surface area contributed by atoms with Crippen molar-refractivity contribution in [3.05, 3.63) is 144 Å². The van der Waals surface area contributed by atoms with E-state index in [4.69, 9.17) is 38.6 Å². The number of hydrogen-bond donors (Lipinski definition) is 24. The van der Waals surface area contributed by atoms with Crippen LogP contribution in [-0.2, 0) is 102 Å². The Balaban J connectivity index is 0.00000590. The van der Waals surface area contributed by atoms with Crippen LogP contribution < -0.4 is 103 Å². The minimum Gasteiger partial charge on any atom is -0.481 e. The minimum atomic E-state index is -1.96. The van der Waals surface area contributed by atoms with Gasteiger partial charge >= 0.3 is 0 Å². The van der Waals surface area contributed by atoms with Crippen LogP contribution in [0.3, 0.4) is 0 Å². The van der Waals surface area contributed by atoms with E-state index < -0.39 is 211 Å². The highest BCUT2D eigenvalue weighted by Gasteiger charge is 2.40. The van der Waals surface area contributed by atoms with E-state index in [2.05, 4.69) is 79.4 Å². The second-order valence-corrected chi connectivity index (χ2v) is 32.7. The maximum Gasteiger partial charge on any atom is 0.300 e. The summed E-state index contributed by atoms with van der Waals surface area (Å²) in [5.74, 6) is -17.2. The highest BCUT2D eigenvalue weighted by Crippen LogP contribution is 2.25. The number of carbonyl (C=O) groups excluding carboxylic acids is 15. The number of aromatic nitrogens is 1. The van der Waals surface area contributed by atoms with Gasteiger partial charge in [-0.25, -0.2) is 0 Å². The van der Waals surface area contributed by atoms with E-state index >= 15 is 14.4 Å². The molecule has 2 aliphatic heterocycles. The number of aliphatic hydroxyl groups excluding tert-OH is 3. The van der Waals surface area contributed by atoms with Crippen LogP contribution in [0.15, 0.2) is 121 Å². The van der Waals surface area contributed by atoms with Crippen LogP contribution in [0.1, 0.15) is 113 Å². The number of benzene rings is 4. The van der Waals surface area contributed by atoms with Gasteiger partial charge in [0.2, 0.25) is 88.6 Å². The van der Waals surface area contributed by atoms with E-state index in [1.807, 2.05) is 0 Å². The SMILES string of the molecule is CC(=O)O.CC(O)C1NC(=O)C(CCCCN)NC(=O)C(Cc2c[nH]c3ccccc23)NC(=O)C(Cc2ccccc2)NC(=O)C(Cc2ccccc2)NC(=O)C(CC(N)=O)NC(=O)C(CCCCN)NC(=O)C(NC(=O)C2CCCN2)CSSCC(C(=O)NC(CCCCN)C(N)=O)NC(=O)C(CO)NC(=O)C(CO)NC(=O)C(Cc2ccccc2)NC1=O. The molecular formula is C83H118N20O20S2. The van der Waals surface area contributed by atoms with Gasteiger partial charge in [0.25, 0.3) is 5.97 Å². The smallest absolute Gasteiger partial charge is 0.300 e. The molecule has 2 saturated heterocycles. The van der Waals surface area contributed by atoms with Gasteiger partial charge < -0.3 is 129 Å². The number of carboxylic acids is 1. The quantitative estimate of drug-likeness (QED) is 0.0151. The van der Waals surface area contributed by atoms with Crippen molar-refractivity contribution in [3.63, 3.8) is 0 Å². The van der Waals surface area contributed by atoms with Gasteiger partial charge in [0, 0.05) is 61.2 Å². The molecule has 0 spiro atoms. The second kappa shape index (κ2) is 54.2. The summed E-state index contributed by atoms with van der Waals surface area (Å²) < 4.78 is 0. The van der Waals surface area contributed by atoms with Gasteiger partial charge in [0.1, 0.15) is 78.5 Å². The summed E-state index contributed by atoms with van der Waals surface area (Å²) in [7, 11) is 1.74. The molecule has 1 aromatic heterocycles. The van der Waals surface area contributed by atoms with Crippen LogP contribution in [-0.4, -0.2) is 262 Å². The Morgan fingerprint density at radius 3 is 1.33 bits per heavy atom. The maximum atomic E-state index is 15.4. The Morgan fingerprint density at radius 1 is 0.464 bits per heavy atom. The first kappa shape index (κ1) is 102. The van der Waals surface area contributed by atoms with Gasteiger partial charge in [-0.3, -0.25) is 76.7 Å². The number of aromatic amines is 1. The zero-order chi connectivity index (χ0) is 91.5. The molecule has 7 rings (SSSR count). The number of rotatable bonds is 30. The van der Waals surface area contributed by atoms with E-state index in [1.165, 1.54) is 0 Å². The first-order valence-corrected chi connectivity index (χ1v) is 43.7. The Morgan fingerprint density at radius 2 is 0.864 bits per heavy atom. The summed E-state index contributed by atoms with van der Waals surface area (Å²) in [5.41, 5.74) is 31.6. The Hall–Kier alpha value is -11.6. The summed E-state index contributed by atoms with van der Waals surface area (Å²) in [6.07, 6.45) is 0.273. The first-order chi connectivity index (χ1) is 59.9. The van der Waals surface area contributed by atoms with Crippen LogP contribution in [0.2, 0.25) is 0 Å². The number of carbonyl (C=O) groups is 16. The molecule has 40 nitrogen and oxygen atoms in total. The van der Waals surface area contributed by atoms with Crippen molar-refractivity contribution in [1.82, 2.24) is 79.4 Å². The molecule has 125 heavy (non-hydrogen) atoms. The molecule has 15 unspecified atom stereocenters. The summed E-state index contributed by atoms with van der Waals surface area (Å²) in [4.78, 5) is 230. The lowest BCUT2D eigenvalue weighted by Crippen LogP contribution is -2.63. The largest absolute Gasteiger partial charge is 0.481 e. The number of unbranched alkanes of at least 4 members (excludes halogenated alkanes) is 3. The zero-order valence-corrected chi connectivity index (χ0v) is 71.3. The van der Waals surface area contributed by atoms with Crippen LogP contribution >= 0.6 is 21.6 Å². The van der Waals surface area contributed by atoms with Gasteiger partial charge in [-0.1, -0.05) is 131 Å². The van der Waals surface area contributed by atoms with Crippen molar-refractivity contribution in [3.8, 4) is 0 Å². The number of carboxylic acid groups (broad SMARTS) is 1. The summed E-state index contributed by atoms with van der Waals surface area (Å²) >= 11 is 0. The van der Waals surface area contributed by atoms with Gasteiger partial charge in [0.15, 0.2) is 0 Å². The fourth-order valence-corrected chi connectivity index (χ4v) is 15.8. The molecule has 4 aromatic carbocycles. The number of aliphatic carboxylic acids is 1. The molecule has 29 N–H and O–H groups in total. The van der Waals surface area contributed by atoms with Crippen molar-refractivity contribution in [2.75, 3.05) is 50.9 Å². The third-order valence-corrected chi connectivity index (χ3v) is 22.6. The van der Waals surface area contributed by atoms with Crippen molar-refractivity contribution in [2.45, 2.75) is 207 Å². The number of amides is 15. The number of para-hydroxylation sites is 1. The summed E-state index contributed by atoms with van der Waals surface area (Å²) in [6, 6.07) is 9.28. The molecule has 42 heteroatoms. The third-order valence-electron chi connectivity index (χ3n) is 20.2. The number of nitrogens with two attached hydrogens (primary N) is 5. The van der Waals surface area contributed by atoms with Crippen molar-refractivity contribution in [2.24, 2.45) is 28.7 Å². The molecule has 15 amide bonds. The third kappa shape index (κ3) is 35.1. The molecule has 15 atom stereocenters. The molecule has 2 aliphatic rings. The molecule has 2 fully saturated rings. The number of hydrogen-bond acceptors (Lipinski definition) is 25. The Bertz CT molecular complexity index is 4400. The van der Waals surface area contributed by atoms with Gasteiger partial charge in [-0.2, -0.15) is 0 Å². The van der Waals surface area contributed by atoms with Crippen molar-refractivity contribution < 1.29 is 97.1 Å². The van der Waals surface area contributed by atoms with E-state index in [-0.39, 0.29) is 83.2 Å². The van der Waals surface area contributed by atoms with Gasteiger partial charge in [-0.15, -0.1) is 0 Å². The van der Waals surface area contributed by atoms with Crippen LogP contribution in [0.4, 0.5) is 0 Å². The lowest BCUT2D eigenvalue weighted by molar-refractivity contribution is -0.137. The number of primary amides is 2. The normalized spacial score (nSPS) is 23.6. The number of nitrogens with one attached hydrogen (secondary N) is 15. The molecule has 682 valence electrons. The number of H-pyrrole nitrogens is 1. The summed E-state index contributed by atoms with van der Waals surface area (Å²) in [6.45, 7) is 0.837. The average molecular weight is 1780 g/mol. The molecule has 0 radical (unpaired) electrons. The number of fused-ring (bicyclic) bond motifs is 1. The topological polar surface area (TPSA) is 668 Å². The van der Waals surface area contributed by atoms with Gasteiger partial charge in [0.05, 0.1) is 31.8 Å². The monoisotopic (exact) mass is 1780 g/mol. The van der Waals surface area contributed by atoms with Crippen LogP contribution in [0, 0.1) is 0 Å². The average Bonchev–Trinajstić information content (AvgIpc) is 1.74. The highest BCUT2D eigenvalue weighted by atomic mass is 33.1. The summed E-state index contributed by atoms with van der Waals surface area (Å²) in [5, 5.41) is 77.4. The predicted molar refractivity (Wildman–Crippen MR) is 464 cm³/mol. The molecule has 0 saturated carbocycles. The Labute approximate surface area is 730 Å². The molecule has 5 aromatic rings. The molecular weight excluding hydrogens is 1660 g/mol. The molecule has 0 bridgehead atoms. The number of aliphatic hydroxyl groups is 3. The minimum absolute atomic E-state index is 0.00718. The lowest BCUT2D eigenvalue weighted by atomic mass is 10.00. The standard InChI is InChI=1S/C81H114N20O18S2.C2H4O2/c1-46(104)67-81(119)96-59(38-49-24-9-4-10-25-49)74(112)97-62(42-102)77(115)98-63(43-103)78(116)100-64(79(117)89-53(68(86)106)28-13-16-32-82)44-120-121-45-65(99-69(107)54-31-19-35-87-54)80(118)91-55(29-14-17-33-83)70(108)95-61(40-66(85)105)76(114)93-57(36-47-20-5-2-6-21-47)72(110)92-58(37-48-22-7-3-8-23-48)73(111)94-60(39-50-41-88-52-27-12-11-26-51(50)52)75(113)90-56(71(109)101-67)30-15-18-34-84;1-2(3)4/h2-12,20-27,41,46,53-65,67,87-88,102-104H,13-19,28-40,42-45,82-84H2,1H3,(H2,85,105)(H2,86,106)(H,89,117)(H,90,113)(H,91,118)(H,92,110)(H,93,114)(H,94,111)(H,95,108)(H,96,119)(H,97,112)(H,98,115)(H,99,107)(H,100,116)(H,101,109);1H3,(H,3,4). The Kier molecular flexibility index (Phi) is 44.3. The van der Waals surface area contributed by atoms with E-state index in [9.17, 15) is 72.9 Å². The zero-order valence-electron chi connectivity index (χ0n) is 69.7. The van der Waals surface area contributed by atoms with E-state index in [0.29, 0.717) is 78.2 Å².